The molecule has 0 spiro atoms. The van der Waals surface area contributed by atoms with Crippen molar-refractivity contribution in [2.24, 2.45) is 17.1 Å². The van der Waals surface area contributed by atoms with E-state index < -0.39 is 0 Å². The molecule has 2 N–H and O–H groups in total. The Labute approximate surface area is 118 Å². The van der Waals surface area contributed by atoms with Gasteiger partial charge in [0.1, 0.15) is 0 Å². The zero-order valence-corrected chi connectivity index (χ0v) is 12.8. The number of nitrogens with two attached hydrogens (primary N) is 1. The molecule has 0 bridgehead atoms. The molecule has 106 valence electrons. The van der Waals surface area contributed by atoms with Crippen LogP contribution in [0, 0.1) is 11.3 Å². The van der Waals surface area contributed by atoms with Gasteiger partial charge in [0, 0.05) is 24.8 Å². The molecule has 1 aliphatic heterocycles. The van der Waals surface area contributed by atoms with Crippen molar-refractivity contribution in [3.63, 3.8) is 0 Å². The second kappa shape index (κ2) is 5.54. The summed E-state index contributed by atoms with van der Waals surface area (Å²) < 4.78 is 0. The van der Waals surface area contributed by atoms with Crippen LogP contribution in [0.1, 0.15) is 52.1 Å². The quantitative estimate of drug-likeness (QED) is 0.872. The van der Waals surface area contributed by atoms with Crippen molar-refractivity contribution in [3.05, 3.63) is 29.8 Å². The minimum atomic E-state index is 0.126. The number of hydrogen-bond donors (Lipinski definition) is 1. The molecule has 19 heavy (non-hydrogen) atoms. The van der Waals surface area contributed by atoms with Crippen LogP contribution < -0.4 is 10.6 Å². The molecule has 1 aromatic carbocycles. The van der Waals surface area contributed by atoms with Crippen LogP contribution in [-0.4, -0.2) is 13.1 Å². The molecule has 1 fully saturated rings. The molecular weight excluding hydrogens is 232 g/mol. The first-order valence-electron chi connectivity index (χ1n) is 7.48. The van der Waals surface area contributed by atoms with E-state index in [4.69, 9.17) is 5.73 Å². The molecule has 1 aromatic rings. The van der Waals surface area contributed by atoms with Gasteiger partial charge in [-0.2, -0.15) is 0 Å². The Bertz CT molecular complexity index is 392. The van der Waals surface area contributed by atoms with Gasteiger partial charge in [0.25, 0.3) is 0 Å². The second-order valence-corrected chi connectivity index (χ2v) is 7.01. The van der Waals surface area contributed by atoms with Crippen LogP contribution in [0.25, 0.3) is 0 Å². The summed E-state index contributed by atoms with van der Waals surface area (Å²) in [4.78, 5) is 2.51. The van der Waals surface area contributed by atoms with Crippen molar-refractivity contribution in [3.8, 4) is 0 Å². The highest BCUT2D eigenvalue weighted by Gasteiger charge is 2.28. The second-order valence-electron chi connectivity index (χ2n) is 7.01. The van der Waals surface area contributed by atoms with E-state index in [-0.39, 0.29) is 6.04 Å². The van der Waals surface area contributed by atoms with Gasteiger partial charge < -0.3 is 10.6 Å². The van der Waals surface area contributed by atoms with Gasteiger partial charge in [-0.3, -0.25) is 0 Å². The maximum Gasteiger partial charge on any atom is 0.0366 e. The zero-order valence-electron chi connectivity index (χ0n) is 12.8. The van der Waals surface area contributed by atoms with Gasteiger partial charge in [0.15, 0.2) is 0 Å². The predicted molar refractivity (Wildman–Crippen MR) is 83.4 cm³/mol. The highest BCUT2D eigenvalue weighted by molar-refractivity contribution is 5.48. The third kappa shape index (κ3) is 3.50. The molecule has 1 saturated heterocycles. The minimum Gasteiger partial charge on any atom is -0.372 e. The Kier molecular flexibility index (Phi) is 4.19. The minimum absolute atomic E-state index is 0.126. The Morgan fingerprint density at radius 2 is 1.63 bits per heavy atom. The van der Waals surface area contributed by atoms with E-state index in [2.05, 4.69) is 49.9 Å². The van der Waals surface area contributed by atoms with Gasteiger partial charge in [-0.1, -0.05) is 32.9 Å². The van der Waals surface area contributed by atoms with Crippen LogP contribution in [0.5, 0.6) is 0 Å². The van der Waals surface area contributed by atoms with Crippen molar-refractivity contribution in [2.75, 3.05) is 18.0 Å². The number of hydrogen-bond acceptors (Lipinski definition) is 2. The summed E-state index contributed by atoms with van der Waals surface area (Å²) in [6.07, 6.45) is 2.61. The summed E-state index contributed by atoms with van der Waals surface area (Å²) in [5.41, 5.74) is 8.90. The maximum absolute atomic E-state index is 5.89. The predicted octanol–water partition coefficient (Wildman–Crippen LogP) is 3.97. The first kappa shape index (κ1) is 14.4. The smallest absolute Gasteiger partial charge is 0.0366 e. The van der Waals surface area contributed by atoms with Crippen molar-refractivity contribution >= 4 is 5.69 Å². The van der Waals surface area contributed by atoms with Crippen LogP contribution >= 0.6 is 0 Å². The molecule has 1 aliphatic rings. The molecule has 2 heteroatoms. The number of benzene rings is 1. The van der Waals surface area contributed by atoms with Gasteiger partial charge in [0.2, 0.25) is 0 Å². The van der Waals surface area contributed by atoms with Gasteiger partial charge in [-0.05, 0) is 48.8 Å². The molecule has 0 radical (unpaired) electrons. The number of nitrogens with zero attached hydrogens (tertiary/aromatic N) is 1. The summed E-state index contributed by atoms with van der Waals surface area (Å²) in [5.74, 6) is 0.854. The third-order valence-electron chi connectivity index (χ3n) is 4.50. The van der Waals surface area contributed by atoms with Crippen LogP contribution in [0.4, 0.5) is 5.69 Å². The van der Waals surface area contributed by atoms with Crippen LogP contribution in [0.3, 0.4) is 0 Å². The highest BCUT2D eigenvalue weighted by atomic mass is 15.1. The standard InChI is InChI=1S/C17H28N2/c1-13(18)14-5-7-16(8-6-14)19-11-9-15(10-12-19)17(2,3)4/h5-8,13,15H,9-12,18H2,1-4H3. The molecule has 1 unspecified atom stereocenters. The van der Waals surface area contributed by atoms with Crippen molar-refractivity contribution in [1.82, 2.24) is 0 Å². The lowest BCUT2D eigenvalue weighted by atomic mass is 9.75. The lowest BCUT2D eigenvalue weighted by Gasteiger charge is -2.39. The van der Waals surface area contributed by atoms with Crippen LogP contribution in [0.2, 0.25) is 0 Å². The number of rotatable bonds is 2. The first-order valence-corrected chi connectivity index (χ1v) is 7.48. The van der Waals surface area contributed by atoms with Crippen molar-refractivity contribution in [2.45, 2.75) is 46.6 Å². The van der Waals surface area contributed by atoms with Crippen LogP contribution in [0.15, 0.2) is 24.3 Å². The van der Waals surface area contributed by atoms with Gasteiger partial charge in [0.05, 0.1) is 0 Å². The van der Waals surface area contributed by atoms with Crippen molar-refractivity contribution < 1.29 is 0 Å². The Morgan fingerprint density at radius 3 is 2.05 bits per heavy atom. The van der Waals surface area contributed by atoms with Gasteiger partial charge in [-0.25, -0.2) is 0 Å². The van der Waals surface area contributed by atoms with E-state index in [9.17, 15) is 0 Å². The van der Waals surface area contributed by atoms with Crippen LogP contribution in [-0.2, 0) is 0 Å². The zero-order chi connectivity index (χ0) is 14.0. The van der Waals surface area contributed by atoms with Gasteiger partial charge in [-0.15, -0.1) is 0 Å². The third-order valence-corrected chi connectivity index (χ3v) is 4.50. The normalized spacial score (nSPS) is 19.5. The van der Waals surface area contributed by atoms with E-state index >= 15 is 0 Å². The monoisotopic (exact) mass is 260 g/mol. The van der Waals surface area contributed by atoms with Gasteiger partial charge >= 0.3 is 0 Å². The Balaban J connectivity index is 1.98. The molecule has 0 amide bonds. The fourth-order valence-electron chi connectivity index (χ4n) is 2.99. The topological polar surface area (TPSA) is 29.3 Å². The fraction of sp³-hybridized carbons (Fsp3) is 0.647. The van der Waals surface area contributed by atoms with E-state index in [1.165, 1.54) is 37.2 Å². The Morgan fingerprint density at radius 1 is 1.11 bits per heavy atom. The molecule has 0 aromatic heterocycles. The largest absolute Gasteiger partial charge is 0.372 e. The lowest BCUT2D eigenvalue weighted by molar-refractivity contribution is 0.199. The van der Waals surface area contributed by atoms with E-state index in [1.54, 1.807) is 0 Å². The van der Waals surface area contributed by atoms with E-state index in [0.29, 0.717) is 5.41 Å². The Hall–Kier alpha value is -1.02. The molecule has 2 rings (SSSR count). The molecule has 1 atom stereocenters. The SMILES string of the molecule is CC(N)c1ccc(N2CCC(C(C)(C)C)CC2)cc1. The van der Waals surface area contributed by atoms with E-state index in [0.717, 1.165) is 5.92 Å². The van der Waals surface area contributed by atoms with E-state index in [1.807, 2.05) is 6.92 Å². The van der Waals surface area contributed by atoms with Crippen molar-refractivity contribution in [1.29, 1.82) is 0 Å². The summed E-state index contributed by atoms with van der Waals surface area (Å²) in [6, 6.07) is 8.89. The number of piperidine rings is 1. The summed E-state index contributed by atoms with van der Waals surface area (Å²) in [6.45, 7) is 11.5. The highest BCUT2D eigenvalue weighted by Crippen LogP contribution is 2.35. The summed E-state index contributed by atoms with van der Waals surface area (Å²) in [7, 11) is 0. The molecule has 1 heterocycles. The first-order chi connectivity index (χ1) is 8.88. The summed E-state index contributed by atoms with van der Waals surface area (Å²) >= 11 is 0. The fourth-order valence-corrected chi connectivity index (χ4v) is 2.99. The lowest BCUT2D eigenvalue weighted by Crippen LogP contribution is -2.38. The molecular formula is C17H28N2. The summed E-state index contributed by atoms with van der Waals surface area (Å²) in [5, 5.41) is 0. The molecule has 0 aliphatic carbocycles. The molecule has 0 saturated carbocycles. The average molecular weight is 260 g/mol. The molecule has 2 nitrogen and oxygen atoms in total. The average Bonchev–Trinajstić information content (AvgIpc) is 2.38. The maximum atomic E-state index is 5.89. The number of anilines is 1.